The summed E-state index contributed by atoms with van der Waals surface area (Å²) >= 11 is 0. The standard InChI is InChI=1S/C16H18O/c1-2-6-13-8-5-10-16(13)11-12-7-3-4-9-14(12)15(16)17/h3-4,7-9H,2,5-6,10-11H2,1H3/t16-/m1/s1. The molecule has 1 nitrogen and oxygen atoms in total. The summed E-state index contributed by atoms with van der Waals surface area (Å²) in [7, 11) is 0. The lowest BCUT2D eigenvalue weighted by atomic mass is 9.76. The molecule has 1 spiro atoms. The zero-order chi connectivity index (χ0) is 11.9. The maximum absolute atomic E-state index is 12.7. The number of Topliss-reactive ketones (excluding diaryl/α,β-unsaturated/α-hetero) is 1. The van der Waals surface area contributed by atoms with Crippen molar-refractivity contribution >= 4 is 5.78 Å². The highest BCUT2D eigenvalue weighted by atomic mass is 16.1. The van der Waals surface area contributed by atoms with Crippen LogP contribution in [0.5, 0.6) is 0 Å². The average molecular weight is 226 g/mol. The van der Waals surface area contributed by atoms with Crippen LogP contribution in [0.4, 0.5) is 0 Å². The summed E-state index contributed by atoms with van der Waals surface area (Å²) in [4.78, 5) is 12.7. The third kappa shape index (κ3) is 1.41. The van der Waals surface area contributed by atoms with Crippen molar-refractivity contribution in [3.8, 4) is 0 Å². The molecule has 1 heteroatoms. The molecule has 2 aliphatic rings. The van der Waals surface area contributed by atoms with Gasteiger partial charge in [-0.25, -0.2) is 0 Å². The lowest BCUT2D eigenvalue weighted by Crippen LogP contribution is -2.27. The molecule has 0 heterocycles. The van der Waals surface area contributed by atoms with Gasteiger partial charge < -0.3 is 0 Å². The summed E-state index contributed by atoms with van der Waals surface area (Å²) in [6, 6.07) is 8.13. The van der Waals surface area contributed by atoms with Crippen molar-refractivity contribution in [2.45, 2.75) is 39.0 Å². The zero-order valence-corrected chi connectivity index (χ0v) is 10.3. The molecular formula is C16H18O. The molecule has 88 valence electrons. The van der Waals surface area contributed by atoms with Gasteiger partial charge in [-0.15, -0.1) is 0 Å². The van der Waals surface area contributed by atoms with Crippen LogP contribution in [0, 0.1) is 5.41 Å². The lowest BCUT2D eigenvalue weighted by molar-refractivity contribution is 0.0859. The minimum absolute atomic E-state index is 0.153. The summed E-state index contributed by atoms with van der Waals surface area (Å²) in [6.07, 6.45) is 7.57. The van der Waals surface area contributed by atoms with Crippen LogP contribution < -0.4 is 0 Å². The molecule has 0 radical (unpaired) electrons. The number of hydrogen-bond acceptors (Lipinski definition) is 1. The minimum atomic E-state index is -0.153. The molecule has 0 bridgehead atoms. The first-order chi connectivity index (χ1) is 8.28. The summed E-state index contributed by atoms with van der Waals surface area (Å²) < 4.78 is 0. The molecule has 0 saturated carbocycles. The van der Waals surface area contributed by atoms with Crippen LogP contribution in [-0.2, 0) is 6.42 Å². The third-order valence-corrected chi connectivity index (χ3v) is 4.28. The van der Waals surface area contributed by atoms with Crippen LogP contribution in [0.1, 0.15) is 48.5 Å². The van der Waals surface area contributed by atoms with Gasteiger partial charge in [0.2, 0.25) is 0 Å². The fourth-order valence-electron chi connectivity index (χ4n) is 3.48. The molecule has 3 rings (SSSR count). The summed E-state index contributed by atoms with van der Waals surface area (Å²) in [6.45, 7) is 2.19. The third-order valence-electron chi connectivity index (χ3n) is 4.28. The Kier molecular flexibility index (Phi) is 2.43. The highest BCUT2D eigenvalue weighted by Crippen LogP contribution is 2.50. The topological polar surface area (TPSA) is 17.1 Å². The second-order valence-electron chi connectivity index (χ2n) is 5.26. The Hall–Kier alpha value is -1.37. The van der Waals surface area contributed by atoms with Crippen molar-refractivity contribution in [1.82, 2.24) is 0 Å². The number of ketones is 1. The molecule has 1 atom stereocenters. The van der Waals surface area contributed by atoms with E-state index < -0.39 is 0 Å². The Morgan fingerprint density at radius 2 is 2.12 bits per heavy atom. The number of benzene rings is 1. The first-order valence-electron chi connectivity index (χ1n) is 6.60. The number of carbonyl (C=O) groups is 1. The normalized spacial score (nSPS) is 26.4. The van der Waals surface area contributed by atoms with E-state index in [1.165, 1.54) is 11.1 Å². The zero-order valence-electron chi connectivity index (χ0n) is 10.3. The number of fused-ring (bicyclic) bond motifs is 1. The van der Waals surface area contributed by atoms with Crippen LogP contribution in [0.15, 0.2) is 35.9 Å². The molecule has 0 fully saturated rings. The second-order valence-corrected chi connectivity index (χ2v) is 5.26. The van der Waals surface area contributed by atoms with Gasteiger partial charge in [0.05, 0.1) is 5.41 Å². The minimum Gasteiger partial charge on any atom is -0.293 e. The smallest absolute Gasteiger partial charge is 0.173 e. The summed E-state index contributed by atoms with van der Waals surface area (Å²) in [5.41, 5.74) is 3.47. The Morgan fingerprint density at radius 3 is 2.88 bits per heavy atom. The van der Waals surface area contributed by atoms with Crippen molar-refractivity contribution in [2.75, 3.05) is 0 Å². The monoisotopic (exact) mass is 226 g/mol. The van der Waals surface area contributed by atoms with E-state index in [1.807, 2.05) is 18.2 Å². The van der Waals surface area contributed by atoms with E-state index in [0.29, 0.717) is 5.78 Å². The van der Waals surface area contributed by atoms with Crippen LogP contribution in [0.25, 0.3) is 0 Å². The highest BCUT2D eigenvalue weighted by Gasteiger charge is 2.48. The molecule has 1 aromatic carbocycles. The predicted octanol–water partition coefficient (Wildman–Crippen LogP) is 3.93. The summed E-state index contributed by atoms with van der Waals surface area (Å²) in [5, 5.41) is 0. The quantitative estimate of drug-likeness (QED) is 0.698. The van der Waals surface area contributed by atoms with E-state index in [1.54, 1.807) is 0 Å². The van der Waals surface area contributed by atoms with E-state index in [2.05, 4.69) is 19.1 Å². The molecule has 17 heavy (non-hydrogen) atoms. The van der Waals surface area contributed by atoms with Gasteiger partial charge in [-0.2, -0.15) is 0 Å². The van der Waals surface area contributed by atoms with Crippen LogP contribution >= 0.6 is 0 Å². The average Bonchev–Trinajstić information content (AvgIpc) is 2.86. The Bertz CT molecular complexity index is 498. The van der Waals surface area contributed by atoms with Gasteiger partial charge in [0.15, 0.2) is 5.78 Å². The van der Waals surface area contributed by atoms with Crippen molar-refractivity contribution < 1.29 is 4.79 Å². The number of rotatable bonds is 2. The van der Waals surface area contributed by atoms with Crippen molar-refractivity contribution in [3.63, 3.8) is 0 Å². The second kappa shape index (κ2) is 3.83. The number of carbonyl (C=O) groups excluding carboxylic acids is 1. The maximum atomic E-state index is 12.7. The first-order valence-corrected chi connectivity index (χ1v) is 6.60. The van der Waals surface area contributed by atoms with E-state index in [0.717, 1.165) is 37.7 Å². The first kappa shape index (κ1) is 10.8. The molecule has 1 aromatic rings. The maximum Gasteiger partial charge on any atom is 0.173 e. The van der Waals surface area contributed by atoms with Gasteiger partial charge in [-0.3, -0.25) is 4.79 Å². The van der Waals surface area contributed by atoms with Crippen LogP contribution in [0.2, 0.25) is 0 Å². The molecule has 0 N–H and O–H groups in total. The van der Waals surface area contributed by atoms with E-state index >= 15 is 0 Å². The van der Waals surface area contributed by atoms with E-state index in [9.17, 15) is 4.79 Å². The molecular weight excluding hydrogens is 208 g/mol. The fraction of sp³-hybridized carbons (Fsp3) is 0.438. The van der Waals surface area contributed by atoms with Gasteiger partial charge in [0.25, 0.3) is 0 Å². The Morgan fingerprint density at radius 1 is 1.29 bits per heavy atom. The molecule has 0 aliphatic heterocycles. The van der Waals surface area contributed by atoms with E-state index in [4.69, 9.17) is 0 Å². The Balaban J connectivity index is 2.03. The van der Waals surface area contributed by atoms with Crippen molar-refractivity contribution in [1.29, 1.82) is 0 Å². The lowest BCUT2D eigenvalue weighted by Gasteiger charge is -2.25. The van der Waals surface area contributed by atoms with Crippen molar-refractivity contribution in [2.24, 2.45) is 5.41 Å². The van der Waals surface area contributed by atoms with Gasteiger partial charge >= 0.3 is 0 Å². The molecule has 2 aliphatic carbocycles. The Labute approximate surface area is 103 Å². The predicted molar refractivity (Wildman–Crippen MR) is 69.1 cm³/mol. The molecule has 0 aromatic heterocycles. The molecule has 0 saturated heterocycles. The van der Waals surface area contributed by atoms with Crippen LogP contribution in [-0.4, -0.2) is 5.78 Å². The summed E-state index contributed by atoms with van der Waals surface area (Å²) in [5.74, 6) is 0.380. The SMILES string of the molecule is CCCC1=CCC[C@@]12Cc1ccccc1C2=O. The van der Waals surface area contributed by atoms with Crippen molar-refractivity contribution in [3.05, 3.63) is 47.0 Å². The molecule has 0 amide bonds. The van der Waals surface area contributed by atoms with E-state index in [-0.39, 0.29) is 5.41 Å². The molecule has 0 unspecified atom stereocenters. The van der Waals surface area contributed by atoms with Crippen LogP contribution in [0.3, 0.4) is 0 Å². The van der Waals surface area contributed by atoms with Gasteiger partial charge in [-0.1, -0.05) is 49.3 Å². The number of allylic oxidation sites excluding steroid dienone is 2. The van der Waals surface area contributed by atoms with Gasteiger partial charge in [0.1, 0.15) is 0 Å². The fourth-order valence-corrected chi connectivity index (χ4v) is 3.48. The van der Waals surface area contributed by atoms with Gasteiger partial charge in [0, 0.05) is 5.56 Å². The number of hydrogen-bond donors (Lipinski definition) is 0. The largest absolute Gasteiger partial charge is 0.293 e. The highest BCUT2D eigenvalue weighted by molar-refractivity contribution is 6.07. The van der Waals surface area contributed by atoms with Gasteiger partial charge in [-0.05, 0) is 31.2 Å².